The molecule has 0 bridgehead atoms. The maximum Gasteiger partial charge on any atom is 0.376 e. The van der Waals surface area contributed by atoms with E-state index in [4.69, 9.17) is 4.74 Å². The second-order valence-electron chi connectivity index (χ2n) is 5.69. The summed E-state index contributed by atoms with van der Waals surface area (Å²) in [6, 6.07) is 4.09. The molecule has 6 heteroatoms. The molecule has 1 spiro atoms. The van der Waals surface area contributed by atoms with Crippen LogP contribution < -0.4 is 4.74 Å². The summed E-state index contributed by atoms with van der Waals surface area (Å²) in [4.78, 5) is 14.2. The molecule has 0 aromatic heterocycles. The van der Waals surface area contributed by atoms with Crippen molar-refractivity contribution in [3.05, 3.63) is 29.6 Å². The van der Waals surface area contributed by atoms with E-state index in [1.807, 2.05) is 4.81 Å². The normalized spacial score (nSPS) is 21.4. The van der Waals surface area contributed by atoms with Crippen LogP contribution in [0.4, 0.5) is 4.39 Å². The van der Waals surface area contributed by atoms with E-state index in [0.717, 1.165) is 0 Å². The summed E-state index contributed by atoms with van der Waals surface area (Å²) in [6.45, 7) is 3.13. The Bertz CT molecular complexity index is 541. The van der Waals surface area contributed by atoms with Crippen LogP contribution in [0.25, 0.3) is 0 Å². The van der Waals surface area contributed by atoms with Crippen LogP contribution in [-0.2, 0) is 0 Å². The predicted octanol–water partition coefficient (Wildman–Crippen LogP) is 1.74. The summed E-state index contributed by atoms with van der Waals surface area (Å²) in [7, 11) is -0.479. The summed E-state index contributed by atoms with van der Waals surface area (Å²) in [6.07, 6.45) is 1.68. The van der Waals surface area contributed by atoms with Crippen LogP contribution >= 0.6 is 0 Å². The van der Waals surface area contributed by atoms with Gasteiger partial charge in [-0.1, -0.05) is 0 Å². The van der Waals surface area contributed by atoms with Crippen molar-refractivity contribution in [3.8, 4) is 5.75 Å². The number of ether oxygens (including phenoxy) is 1. The molecule has 106 valence electrons. The van der Waals surface area contributed by atoms with Gasteiger partial charge in [0.25, 0.3) is 0 Å². The van der Waals surface area contributed by atoms with E-state index in [1.54, 1.807) is 6.82 Å². The van der Waals surface area contributed by atoms with E-state index in [2.05, 4.69) is 0 Å². The van der Waals surface area contributed by atoms with Gasteiger partial charge in [-0.3, -0.25) is 4.79 Å². The second-order valence-corrected chi connectivity index (χ2v) is 5.69. The third-order valence-electron chi connectivity index (χ3n) is 4.29. The number of rotatable bonds is 1. The zero-order chi connectivity index (χ0) is 14.3. The second kappa shape index (κ2) is 4.86. The molecule has 0 saturated carbocycles. The maximum absolute atomic E-state index is 13.2. The van der Waals surface area contributed by atoms with Crippen LogP contribution in [0.15, 0.2) is 18.2 Å². The van der Waals surface area contributed by atoms with E-state index >= 15 is 0 Å². The van der Waals surface area contributed by atoms with Crippen molar-refractivity contribution in [3.63, 3.8) is 0 Å². The van der Waals surface area contributed by atoms with Gasteiger partial charge >= 0.3 is 7.05 Å². The average molecular weight is 277 g/mol. The SMILES string of the molecule is CB(O)N1CCC2(CC1)CC(=O)c1cc(F)ccc1O2. The molecule has 1 fully saturated rings. The molecule has 1 saturated heterocycles. The summed E-state index contributed by atoms with van der Waals surface area (Å²) in [5.74, 6) is 0.00460. The van der Waals surface area contributed by atoms with Crippen molar-refractivity contribution in [1.82, 2.24) is 4.81 Å². The van der Waals surface area contributed by atoms with Crippen LogP contribution in [0.2, 0.25) is 6.82 Å². The minimum atomic E-state index is -0.493. The van der Waals surface area contributed by atoms with Gasteiger partial charge in [-0.15, -0.1) is 0 Å². The van der Waals surface area contributed by atoms with Crippen LogP contribution in [0.5, 0.6) is 5.75 Å². The Morgan fingerprint density at radius 2 is 2.10 bits per heavy atom. The first-order valence-electron chi connectivity index (χ1n) is 6.93. The van der Waals surface area contributed by atoms with Crippen molar-refractivity contribution >= 4 is 12.8 Å². The molecule has 4 nitrogen and oxygen atoms in total. The molecule has 2 aliphatic rings. The minimum absolute atomic E-state index is 0.0590. The van der Waals surface area contributed by atoms with Crippen LogP contribution in [0.3, 0.4) is 0 Å². The number of hydrogen-bond acceptors (Lipinski definition) is 4. The Balaban J connectivity index is 1.82. The number of piperidine rings is 1. The van der Waals surface area contributed by atoms with Crippen molar-refractivity contribution in [2.75, 3.05) is 13.1 Å². The first kappa shape index (κ1) is 13.6. The molecular weight excluding hydrogens is 260 g/mol. The molecule has 0 radical (unpaired) electrons. The highest BCUT2D eigenvalue weighted by molar-refractivity contribution is 6.45. The third-order valence-corrected chi connectivity index (χ3v) is 4.29. The third kappa shape index (κ3) is 2.34. The molecule has 1 aromatic rings. The van der Waals surface area contributed by atoms with E-state index < -0.39 is 18.5 Å². The zero-order valence-electron chi connectivity index (χ0n) is 11.4. The average Bonchev–Trinajstić information content (AvgIpc) is 2.40. The van der Waals surface area contributed by atoms with Crippen molar-refractivity contribution < 1.29 is 18.9 Å². The van der Waals surface area contributed by atoms with Gasteiger partial charge in [0.15, 0.2) is 5.78 Å². The minimum Gasteiger partial charge on any atom is -0.486 e. The molecule has 1 aromatic carbocycles. The fraction of sp³-hybridized carbons (Fsp3) is 0.500. The summed E-state index contributed by atoms with van der Waals surface area (Å²) in [5.41, 5.74) is -0.151. The highest BCUT2D eigenvalue weighted by Gasteiger charge is 2.43. The lowest BCUT2D eigenvalue weighted by molar-refractivity contribution is 0.00309. The van der Waals surface area contributed by atoms with Gasteiger partial charge in [-0.05, 0) is 51.0 Å². The van der Waals surface area contributed by atoms with Gasteiger partial charge in [-0.2, -0.15) is 0 Å². The van der Waals surface area contributed by atoms with E-state index in [9.17, 15) is 14.2 Å². The van der Waals surface area contributed by atoms with Crippen LogP contribution in [-0.4, -0.2) is 41.4 Å². The van der Waals surface area contributed by atoms with Crippen LogP contribution in [0.1, 0.15) is 29.6 Å². The number of nitrogens with zero attached hydrogens (tertiary/aromatic N) is 1. The molecular formula is C14H17BFNO3. The quantitative estimate of drug-likeness (QED) is 0.794. The van der Waals surface area contributed by atoms with E-state index in [1.165, 1.54) is 18.2 Å². The highest BCUT2D eigenvalue weighted by atomic mass is 19.1. The number of Topliss-reactive ketones (excluding diaryl/α,β-unsaturated/α-hetero) is 1. The van der Waals surface area contributed by atoms with E-state index in [-0.39, 0.29) is 12.2 Å². The number of benzene rings is 1. The van der Waals surface area contributed by atoms with Crippen molar-refractivity contribution in [2.24, 2.45) is 0 Å². The molecule has 2 aliphatic heterocycles. The maximum atomic E-state index is 13.2. The first-order chi connectivity index (χ1) is 9.49. The lowest BCUT2D eigenvalue weighted by Gasteiger charge is -2.44. The standard InChI is InChI=1S/C14H17BFNO3/c1-15(19)17-6-4-14(5-7-17)9-12(18)11-8-10(16)2-3-13(11)20-14/h2-3,8,19H,4-7,9H2,1H3. The number of halogens is 1. The van der Waals surface area contributed by atoms with Gasteiger partial charge in [0, 0.05) is 0 Å². The molecule has 0 unspecified atom stereocenters. The molecule has 1 N–H and O–H groups in total. The Hall–Kier alpha value is -1.40. The fourth-order valence-corrected chi connectivity index (χ4v) is 3.05. The first-order valence-corrected chi connectivity index (χ1v) is 6.93. The summed E-state index contributed by atoms with van der Waals surface area (Å²) >= 11 is 0. The van der Waals surface area contributed by atoms with Gasteiger partial charge < -0.3 is 14.6 Å². The Kier molecular flexibility index (Phi) is 3.30. The predicted molar refractivity (Wildman–Crippen MR) is 73.4 cm³/mol. The molecule has 0 aliphatic carbocycles. The number of ketones is 1. The summed E-state index contributed by atoms with van der Waals surface area (Å²) < 4.78 is 19.2. The number of carbonyl (C=O) groups excluding carboxylic acids is 1. The van der Waals surface area contributed by atoms with Gasteiger partial charge in [0.05, 0.1) is 12.0 Å². The Morgan fingerprint density at radius 3 is 2.75 bits per heavy atom. The highest BCUT2D eigenvalue weighted by Crippen LogP contribution is 2.39. The van der Waals surface area contributed by atoms with Gasteiger partial charge in [0.2, 0.25) is 0 Å². The Labute approximate surface area is 117 Å². The van der Waals surface area contributed by atoms with E-state index in [0.29, 0.717) is 37.2 Å². The molecule has 3 rings (SSSR count). The monoisotopic (exact) mass is 277 g/mol. The fourth-order valence-electron chi connectivity index (χ4n) is 3.05. The van der Waals surface area contributed by atoms with Crippen LogP contribution in [0, 0.1) is 5.82 Å². The smallest absolute Gasteiger partial charge is 0.376 e. The molecule has 20 heavy (non-hydrogen) atoms. The van der Waals surface area contributed by atoms with Gasteiger partial charge in [-0.25, -0.2) is 4.39 Å². The number of hydrogen-bond donors (Lipinski definition) is 1. The Morgan fingerprint density at radius 1 is 1.40 bits per heavy atom. The largest absolute Gasteiger partial charge is 0.486 e. The van der Waals surface area contributed by atoms with Crippen molar-refractivity contribution in [1.29, 1.82) is 0 Å². The molecule has 0 atom stereocenters. The van der Waals surface area contributed by atoms with Gasteiger partial charge in [0.1, 0.15) is 17.2 Å². The lowest BCUT2D eigenvalue weighted by atomic mass is 9.76. The molecule has 0 amide bonds. The summed E-state index contributed by atoms with van der Waals surface area (Å²) in [5, 5.41) is 9.58. The van der Waals surface area contributed by atoms with Crippen molar-refractivity contribution in [2.45, 2.75) is 31.7 Å². The zero-order valence-corrected chi connectivity index (χ0v) is 11.4. The lowest BCUT2D eigenvalue weighted by Crippen LogP contribution is -2.53. The number of carbonyl (C=O) groups is 1. The number of fused-ring (bicyclic) bond motifs is 1. The molecule has 2 heterocycles. The topological polar surface area (TPSA) is 49.8 Å².